The molecule has 0 heterocycles. The van der Waals surface area contributed by atoms with Crippen LogP contribution in [0.15, 0.2) is 0 Å². The van der Waals surface area contributed by atoms with Gasteiger partial charge >= 0.3 is 0 Å². The van der Waals surface area contributed by atoms with Gasteiger partial charge < -0.3 is 5.32 Å². The van der Waals surface area contributed by atoms with E-state index in [4.69, 9.17) is 0 Å². The summed E-state index contributed by atoms with van der Waals surface area (Å²) in [7, 11) is 2.03. The van der Waals surface area contributed by atoms with Crippen LogP contribution in [0.5, 0.6) is 0 Å². The molecule has 0 rings (SSSR count). The van der Waals surface area contributed by atoms with Gasteiger partial charge in [-0.2, -0.15) is 0 Å². The minimum absolute atomic E-state index is 0. The van der Waals surface area contributed by atoms with Crippen molar-refractivity contribution in [2.75, 3.05) is 13.6 Å². The fraction of sp³-hybridized carbons (Fsp3) is 1.00. The van der Waals surface area contributed by atoms with Crippen molar-refractivity contribution in [2.24, 2.45) is 5.92 Å². The van der Waals surface area contributed by atoms with Gasteiger partial charge in [-0.15, -0.1) is 0 Å². The first-order chi connectivity index (χ1) is 4.35. The second-order valence-electron chi connectivity index (χ2n) is 2.62. The van der Waals surface area contributed by atoms with E-state index in [1.165, 1.54) is 25.8 Å². The predicted octanol–water partition coefficient (Wildman–Crippen LogP) is 2.28. The van der Waals surface area contributed by atoms with Crippen molar-refractivity contribution in [1.29, 1.82) is 0 Å². The van der Waals surface area contributed by atoms with E-state index in [-0.39, 0.29) is 1.43 Å². The summed E-state index contributed by atoms with van der Waals surface area (Å²) in [5.74, 6) is 0.903. The molecule has 0 aromatic rings. The molecule has 0 radical (unpaired) electrons. The maximum atomic E-state index is 3.20. The van der Waals surface area contributed by atoms with Crippen molar-refractivity contribution in [3.63, 3.8) is 0 Å². The van der Waals surface area contributed by atoms with Gasteiger partial charge in [-0.25, -0.2) is 0 Å². The molecule has 1 nitrogen and oxygen atoms in total. The summed E-state index contributed by atoms with van der Waals surface area (Å²) < 4.78 is 0. The zero-order valence-corrected chi connectivity index (χ0v) is 6.91. The minimum atomic E-state index is 0. The molecule has 1 heteroatoms. The lowest BCUT2D eigenvalue weighted by Gasteiger charge is -2.11. The molecule has 0 aliphatic carbocycles. The zero-order chi connectivity index (χ0) is 7.11. The topological polar surface area (TPSA) is 12.0 Å². The van der Waals surface area contributed by atoms with Crippen LogP contribution < -0.4 is 5.32 Å². The molecule has 0 aliphatic heterocycles. The predicted molar refractivity (Wildman–Crippen MR) is 44.7 cm³/mol. The van der Waals surface area contributed by atoms with Gasteiger partial charge in [0.05, 0.1) is 0 Å². The van der Waals surface area contributed by atoms with Crippen LogP contribution in [0.4, 0.5) is 0 Å². The van der Waals surface area contributed by atoms with Crippen LogP contribution in [-0.2, 0) is 0 Å². The number of hydrogen-bond acceptors (Lipinski definition) is 1. The Balaban J connectivity index is 0. The highest BCUT2D eigenvalue weighted by Gasteiger charge is 2.01. The van der Waals surface area contributed by atoms with Crippen molar-refractivity contribution in [3.8, 4) is 0 Å². The van der Waals surface area contributed by atoms with E-state index < -0.39 is 0 Å². The summed E-state index contributed by atoms with van der Waals surface area (Å²) >= 11 is 0. The molecule has 0 unspecified atom stereocenters. The fourth-order valence-electron chi connectivity index (χ4n) is 1.15. The average molecular weight is 131 g/mol. The first-order valence-corrected chi connectivity index (χ1v) is 3.99. The maximum Gasteiger partial charge on any atom is 0 e. The molecule has 9 heavy (non-hydrogen) atoms. The molecule has 1 atom stereocenters. The summed E-state index contributed by atoms with van der Waals surface area (Å²) in [6.45, 7) is 5.69. The largest absolute Gasteiger partial charge is 0.319 e. The minimum Gasteiger partial charge on any atom is -0.319 e. The van der Waals surface area contributed by atoms with E-state index in [0.29, 0.717) is 0 Å². The van der Waals surface area contributed by atoms with Crippen LogP contribution in [0.25, 0.3) is 0 Å². The van der Waals surface area contributed by atoms with E-state index in [0.717, 1.165) is 5.92 Å². The van der Waals surface area contributed by atoms with E-state index in [2.05, 4.69) is 19.2 Å². The zero-order valence-electron chi connectivity index (χ0n) is 6.91. The van der Waals surface area contributed by atoms with Crippen LogP contribution in [-0.4, -0.2) is 13.6 Å². The van der Waals surface area contributed by atoms with Crippen LogP contribution in [0.2, 0.25) is 0 Å². The molecule has 0 bridgehead atoms. The van der Waals surface area contributed by atoms with Gasteiger partial charge in [-0.3, -0.25) is 0 Å². The number of nitrogens with one attached hydrogen (secondary N) is 1. The van der Waals surface area contributed by atoms with E-state index in [1.807, 2.05) is 7.05 Å². The standard InChI is InChI=1S/C8H19N.H2/c1-4-6-8(5-2)7-9-3;/h8-9H,4-7H2,1-3H3;1H/t8-;/m0./s1. The summed E-state index contributed by atoms with van der Waals surface area (Å²) in [5.41, 5.74) is 0. The van der Waals surface area contributed by atoms with Gasteiger partial charge in [0.2, 0.25) is 0 Å². The fourth-order valence-corrected chi connectivity index (χ4v) is 1.15. The molecule has 0 saturated heterocycles. The van der Waals surface area contributed by atoms with Crippen LogP contribution in [0.3, 0.4) is 0 Å². The maximum absolute atomic E-state index is 3.20. The molecule has 0 aliphatic rings. The van der Waals surface area contributed by atoms with Gasteiger partial charge in [0.25, 0.3) is 0 Å². The van der Waals surface area contributed by atoms with Crippen molar-refractivity contribution in [3.05, 3.63) is 0 Å². The molecular formula is C8H21N. The van der Waals surface area contributed by atoms with Crippen LogP contribution in [0, 0.1) is 5.92 Å². The van der Waals surface area contributed by atoms with Crippen molar-refractivity contribution >= 4 is 0 Å². The highest BCUT2D eigenvalue weighted by atomic mass is 14.8. The van der Waals surface area contributed by atoms with Gasteiger partial charge in [0.15, 0.2) is 0 Å². The first kappa shape index (κ1) is 8.96. The number of hydrogen-bond donors (Lipinski definition) is 1. The van der Waals surface area contributed by atoms with Gasteiger partial charge in [0, 0.05) is 1.43 Å². The molecule has 0 aromatic carbocycles. The second kappa shape index (κ2) is 6.09. The molecule has 0 amide bonds. The second-order valence-corrected chi connectivity index (χ2v) is 2.62. The Hall–Kier alpha value is -0.0400. The summed E-state index contributed by atoms with van der Waals surface area (Å²) in [6.07, 6.45) is 4.01. The highest BCUT2D eigenvalue weighted by Crippen LogP contribution is 2.08. The molecular weight excluding hydrogens is 110 g/mol. The Morgan fingerprint density at radius 2 is 2.11 bits per heavy atom. The van der Waals surface area contributed by atoms with Gasteiger partial charge in [0.1, 0.15) is 0 Å². The summed E-state index contributed by atoms with van der Waals surface area (Å²) in [6, 6.07) is 0. The smallest absolute Gasteiger partial charge is 0 e. The quantitative estimate of drug-likeness (QED) is 0.603. The van der Waals surface area contributed by atoms with Gasteiger partial charge in [-0.1, -0.05) is 26.7 Å². The van der Waals surface area contributed by atoms with Crippen LogP contribution >= 0.6 is 0 Å². The van der Waals surface area contributed by atoms with Crippen molar-refractivity contribution in [2.45, 2.75) is 33.1 Å². The highest BCUT2D eigenvalue weighted by molar-refractivity contribution is 4.57. The lowest BCUT2D eigenvalue weighted by atomic mass is 10.0. The lowest BCUT2D eigenvalue weighted by molar-refractivity contribution is 0.445. The van der Waals surface area contributed by atoms with Gasteiger partial charge in [-0.05, 0) is 25.9 Å². The van der Waals surface area contributed by atoms with Crippen LogP contribution in [0.1, 0.15) is 34.5 Å². The third kappa shape index (κ3) is 4.46. The summed E-state index contributed by atoms with van der Waals surface area (Å²) in [5, 5.41) is 3.20. The molecule has 0 spiro atoms. The molecule has 1 N–H and O–H groups in total. The Bertz CT molecular complexity index is 51.2. The monoisotopic (exact) mass is 131 g/mol. The Morgan fingerprint density at radius 1 is 1.44 bits per heavy atom. The molecule has 0 aromatic heterocycles. The third-order valence-corrected chi connectivity index (χ3v) is 1.77. The molecule has 0 saturated carbocycles. The van der Waals surface area contributed by atoms with E-state index in [1.54, 1.807) is 0 Å². The van der Waals surface area contributed by atoms with E-state index >= 15 is 0 Å². The third-order valence-electron chi connectivity index (χ3n) is 1.77. The Morgan fingerprint density at radius 3 is 2.44 bits per heavy atom. The Labute approximate surface area is 60.3 Å². The van der Waals surface area contributed by atoms with Crippen molar-refractivity contribution in [1.82, 2.24) is 5.32 Å². The normalized spacial score (nSPS) is 13.7. The number of rotatable bonds is 5. The Kier molecular flexibility index (Phi) is 6.06. The summed E-state index contributed by atoms with van der Waals surface area (Å²) in [4.78, 5) is 0. The first-order valence-electron chi connectivity index (χ1n) is 3.99. The molecule has 58 valence electrons. The van der Waals surface area contributed by atoms with Crippen molar-refractivity contribution < 1.29 is 1.43 Å². The molecule has 0 fully saturated rings. The average Bonchev–Trinajstić information content (AvgIpc) is 1.88. The SMILES string of the molecule is CCC[C@H](CC)CNC.[HH]. The lowest BCUT2D eigenvalue weighted by Crippen LogP contribution is -2.17. The van der Waals surface area contributed by atoms with E-state index in [9.17, 15) is 0 Å².